The molecule has 0 aromatic heterocycles. The zero-order valence-electron chi connectivity index (χ0n) is 13.7. The lowest BCUT2D eigenvalue weighted by Crippen LogP contribution is -1.98. The summed E-state index contributed by atoms with van der Waals surface area (Å²) >= 11 is 3.88. The van der Waals surface area contributed by atoms with Gasteiger partial charge in [-0.1, -0.05) is 60.7 Å². The van der Waals surface area contributed by atoms with E-state index in [0.717, 1.165) is 24.3 Å². The van der Waals surface area contributed by atoms with Crippen molar-refractivity contribution in [2.45, 2.75) is 22.6 Å². The van der Waals surface area contributed by atoms with Crippen LogP contribution < -0.4 is 0 Å². The summed E-state index contributed by atoms with van der Waals surface area (Å²) in [7, 11) is 0. The van der Waals surface area contributed by atoms with Crippen molar-refractivity contribution in [1.82, 2.24) is 0 Å². The summed E-state index contributed by atoms with van der Waals surface area (Å²) in [4.78, 5) is 2.71. The first kappa shape index (κ1) is 17.2. The van der Waals surface area contributed by atoms with Crippen LogP contribution in [0.4, 0.5) is 0 Å². The van der Waals surface area contributed by atoms with Crippen molar-refractivity contribution in [2.24, 2.45) is 0 Å². The Bertz CT molecular complexity index is 659. The molecule has 0 aliphatic carbocycles. The summed E-state index contributed by atoms with van der Waals surface area (Å²) in [5.74, 6) is 2.26. The van der Waals surface area contributed by atoms with E-state index in [4.69, 9.17) is 0 Å². The lowest BCUT2D eigenvalue weighted by atomic mass is 10.0. The van der Waals surface area contributed by atoms with E-state index in [1.165, 1.54) is 20.9 Å². The highest BCUT2D eigenvalue weighted by atomic mass is 32.2. The fraction of sp³-hybridized carbons (Fsp3) is 0.182. The molecule has 0 spiro atoms. The average Bonchev–Trinajstić information content (AvgIpc) is 2.65. The molecule has 0 aliphatic heterocycles. The van der Waals surface area contributed by atoms with Crippen LogP contribution in [-0.2, 0) is 12.8 Å². The Morgan fingerprint density at radius 1 is 0.458 bits per heavy atom. The highest BCUT2D eigenvalue weighted by Crippen LogP contribution is 2.22. The van der Waals surface area contributed by atoms with Crippen molar-refractivity contribution >= 4 is 23.5 Å². The molecule has 24 heavy (non-hydrogen) atoms. The quantitative estimate of drug-likeness (QED) is 0.434. The fourth-order valence-corrected chi connectivity index (χ4v) is 4.45. The first-order valence-corrected chi connectivity index (χ1v) is 10.3. The van der Waals surface area contributed by atoms with Crippen molar-refractivity contribution in [2.75, 3.05) is 11.5 Å². The molecule has 0 fully saturated rings. The Balaban J connectivity index is 1.51. The van der Waals surface area contributed by atoms with Gasteiger partial charge >= 0.3 is 0 Å². The molecule has 0 unspecified atom stereocenters. The Morgan fingerprint density at radius 2 is 0.833 bits per heavy atom. The number of aryl methyl sites for hydroxylation is 2. The standard InChI is InChI=1S/C22H22S2/c1-3-11-21(12-4-1)23-17-15-19-9-7-8-10-20(19)16-18-24-22-13-5-2-6-14-22/h1-14H,15-18H2. The molecule has 0 bridgehead atoms. The topological polar surface area (TPSA) is 0 Å². The summed E-state index contributed by atoms with van der Waals surface area (Å²) in [5, 5.41) is 0. The molecule has 0 aliphatic rings. The number of thioether (sulfide) groups is 2. The fourth-order valence-electron chi connectivity index (χ4n) is 2.64. The van der Waals surface area contributed by atoms with Crippen LogP contribution >= 0.6 is 23.5 Å². The third kappa shape index (κ3) is 5.47. The van der Waals surface area contributed by atoms with Crippen LogP contribution in [0.25, 0.3) is 0 Å². The van der Waals surface area contributed by atoms with Gasteiger partial charge in [0.1, 0.15) is 0 Å². The second-order valence-electron chi connectivity index (χ2n) is 5.59. The molecule has 0 amide bonds. The van der Waals surface area contributed by atoms with Crippen LogP contribution in [0.1, 0.15) is 11.1 Å². The maximum Gasteiger partial charge on any atom is 0.00720 e. The van der Waals surface area contributed by atoms with Crippen LogP contribution in [0.5, 0.6) is 0 Å². The number of rotatable bonds is 8. The molecule has 0 atom stereocenters. The molecule has 0 nitrogen and oxygen atoms in total. The van der Waals surface area contributed by atoms with Crippen LogP contribution in [0.15, 0.2) is 94.7 Å². The summed E-state index contributed by atoms with van der Waals surface area (Å²) in [6.45, 7) is 0. The van der Waals surface area contributed by atoms with Gasteiger partial charge in [0.25, 0.3) is 0 Å². The van der Waals surface area contributed by atoms with Crippen molar-refractivity contribution in [3.63, 3.8) is 0 Å². The van der Waals surface area contributed by atoms with Crippen LogP contribution in [0, 0.1) is 0 Å². The van der Waals surface area contributed by atoms with Crippen molar-refractivity contribution in [3.05, 3.63) is 96.1 Å². The smallest absolute Gasteiger partial charge is 0.00720 e. The van der Waals surface area contributed by atoms with E-state index in [0.29, 0.717) is 0 Å². The van der Waals surface area contributed by atoms with E-state index in [1.54, 1.807) is 0 Å². The first-order chi connectivity index (χ1) is 11.9. The molecule has 3 aromatic rings. The minimum atomic E-state index is 1.13. The second-order valence-corrected chi connectivity index (χ2v) is 7.93. The van der Waals surface area contributed by atoms with E-state index in [1.807, 2.05) is 23.5 Å². The molecule has 0 saturated heterocycles. The van der Waals surface area contributed by atoms with Gasteiger partial charge in [0, 0.05) is 21.3 Å². The van der Waals surface area contributed by atoms with Crippen molar-refractivity contribution in [1.29, 1.82) is 0 Å². The van der Waals surface area contributed by atoms with Gasteiger partial charge in [0.05, 0.1) is 0 Å². The monoisotopic (exact) mass is 350 g/mol. The van der Waals surface area contributed by atoms with Gasteiger partial charge in [-0.25, -0.2) is 0 Å². The van der Waals surface area contributed by atoms with Gasteiger partial charge in [-0.05, 0) is 48.2 Å². The molecule has 2 heteroatoms. The molecule has 122 valence electrons. The molecule has 3 aromatic carbocycles. The van der Waals surface area contributed by atoms with Crippen molar-refractivity contribution < 1.29 is 0 Å². The number of benzene rings is 3. The van der Waals surface area contributed by atoms with E-state index >= 15 is 0 Å². The molecule has 0 heterocycles. The largest absolute Gasteiger partial charge is 0.126 e. The van der Waals surface area contributed by atoms with Gasteiger partial charge in [-0.3, -0.25) is 0 Å². The molecular formula is C22H22S2. The van der Waals surface area contributed by atoms with Gasteiger partial charge in [-0.15, -0.1) is 23.5 Å². The first-order valence-electron chi connectivity index (χ1n) is 8.34. The zero-order chi connectivity index (χ0) is 16.5. The number of hydrogen-bond donors (Lipinski definition) is 0. The minimum Gasteiger partial charge on any atom is -0.126 e. The van der Waals surface area contributed by atoms with Gasteiger partial charge in [-0.2, -0.15) is 0 Å². The summed E-state index contributed by atoms with van der Waals surface area (Å²) in [6, 6.07) is 30.2. The van der Waals surface area contributed by atoms with Gasteiger partial charge < -0.3 is 0 Å². The number of hydrogen-bond acceptors (Lipinski definition) is 2. The molecule has 0 N–H and O–H groups in total. The molecular weight excluding hydrogens is 328 g/mol. The zero-order valence-corrected chi connectivity index (χ0v) is 15.4. The third-order valence-corrected chi connectivity index (χ3v) is 5.91. The van der Waals surface area contributed by atoms with E-state index in [2.05, 4.69) is 84.9 Å². The van der Waals surface area contributed by atoms with Crippen LogP contribution in [0.2, 0.25) is 0 Å². The lowest BCUT2D eigenvalue weighted by molar-refractivity contribution is 1.05. The maximum atomic E-state index is 2.29. The molecule has 0 saturated carbocycles. The molecule has 3 rings (SSSR count). The van der Waals surface area contributed by atoms with E-state index in [-0.39, 0.29) is 0 Å². The molecule has 0 radical (unpaired) electrons. The summed E-state index contributed by atoms with van der Waals surface area (Å²) in [5.41, 5.74) is 2.99. The average molecular weight is 351 g/mol. The van der Waals surface area contributed by atoms with Crippen molar-refractivity contribution in [3.8, 4) is 0 Å². The normalized spacial score (nSPS) is 10.7. The van der Waals surface area contributed by atoms with Gasteiger partial charge in [0.15, 0.2) is 0 Å². The summed E-state index contributed by atoms with van der Waals surface area (Å²) in [6.07, 6.45) is 2.26. The SMILES string of the molecule is c1ccc(SCCc2ccccc2CCSc2ccccc2)cc1. The predicted molar refractivity (Wildman–Crippen MR) is 108 cm³/mol. The lowest BCUT2D eigenvalue weighted by Gasteiger charge is -2.09. The second kappa shape index (κ2) is 9.61. The van der Waals surface area contributed by atoms with Gasteiger partial charge in [0.2, 0.25) is 0 Å². The van der Waals surface area contributed by atoms with Crippen LogP contribution in [-0.4, -0.2) is 11.5 Å². The summed E-state index contributed by atoms with van der Waals surface area (Å²) < 4.78 is 0. The Kier molecular flexibility index (Phi) is 6.88. The highest BCUT2D eigenvalue weighted by molar-refractivity contribution is 7.99. The third-order valence-electron chi connectivity index (χ3n) is 3.89. The van der Waals surface area contributed by atoms with E-state index in [9.17, 15) is 0 Å². The Hall–Kier alpha value is -1.64. The van der Waals surface area contributed by atoms with Crippen LogP contribution in [0.3, 0.4) is 0 Å². The predicted octanol–water partition coefficient (Wildman–Crippen LogP) is 6.36. The minimum absolute atomic E-state index is 1.13. The Labute approximate surface area is 153 Å². The Morgan fingerprint density at radius 3 is 1.25 bits per heavy atom. The maximum absolute atomic E-state index is 2.29. The van der Waals surface area contributed by atoms with E-state index < -0.39 is 0 Å². The highest BCUT2D eigenvalue weighted by Gasteiger charge is 2.03.